The number of hydrogen-bond acceptors (Lipinski definition) is 4. The number of thiocarbonyl (C=S) groups is 1. The van der Waals surface area contributed by atoms with Crippen molar-refractivity contribution in [1.82, 2.24) is 10.2 Å². The first-order valence-electron chi connectivity index (χ1n) is 5.51. The van der Waals surface area contributed by atoms with E-state index in [-0.39, 0.29) is 24.1 Å². The minimum atomic E-state index is -0.680. The number of aliphatic hydroxyl groups excluding tert-OH is 1. The van der Waals surface area contributed by atoms with E-state index in [1.807, 2.05) is 0 Å². The summed E-state index contributed by atoms with van der Waals surface area (Å²) >= 11 is 4.60. The van der Waals surface area contributed by atoms with Gasteiger partial charge in [0.2, 0.25) is 0 Å². The fourth-order valence-corrected chi connectivity index (χ4v) is 1.78. The van der Waals surface area contributed by atoms with Crippen molar-refractivity contribution in [2.45, 2.75) is 12.8 Å². The van der Waals surface area contributed by atoms with Crippen LogP contribution in [-0.2, 0) is 9.59 Å². The molecule has 0 spiro atoms. The monoisotopic (exact) mass is 259 g/mol. The third-order valence-electron chi connectivity index (χ3n) is 2.78. The first-order chi connectivity index (χ1) is 8.04. The molecule has 1 rings (SSSR count). The SMILES string of the molecule is NC(=S)CNC(=O)C(=O)N1CCC(CO)CC1. The molecule has 0 aromatic heterocycles. The fraction of sp³-hybridized carbons (Fsp3) is 0.700. The van der Waals surface area contributed by atoms with E-state index in [0.717, 1.165) is 12.8 Å². The molecule has 96 valence electrons. The number of aliphatic hydroxyl groups is 1. The lowest BCUT2D eigenvalue weighted by Gasteiger charge is -2.30. The van der Waals surface area contributed by atoms with Crippen LogP contribution < -0.4 is 11.1 Å². The number of likely N-dealkylation sites (tertiary alicyclic amines) is 1. The van der Waals surface area contributed by atoms with Crippen LogP contribution >= 0.6 is 12.2 Å². The molecule has 0 saturated carbocycles. The average molecular weight is 259 g/mol. The van der Waals surface area contributed by atoms with Gasteiger partial charge in [-0.1, -0.05) is 12.2 Å². The van der Waals surface area contributed by atoms with Gasteiger partial charge in [-0.2, -0.15) is 0 Å². The van der Waals surface area contributed by atoms with Gasteiger partial charge in [0.1, 0.15) is 0 Å². The molecular weight excluding hydrogens is 242 g/mol. The van der Waals surface area contributed by atoms with Gasteiger partial charge in [-0.05, 0) is 18.8 Å². The van der Waals surface area contributed by atoms with Gasteiger partial charge in [-0.25, -0.2) is 0 Å². The Hall–Kier alpha value is -1.21. The van der Waals surface area contributed by atoms with Crippen molar-refractivity contribution < 1.29 is 14.7 Å². The number of piperidine rings is 1. The Balaban J connectivity index is 2.37. The molecule has 1 aliphatic heterocycles. The summed E-state index contributed by atoms with van der Waals surface area (Å²) < 4.78 is 0. The third-order valence-corrected chi connectivity index (χ3v) is 2.92. The van der Waals surface area contributed by atoms with E-state index in [1.54, 1.807) is 0 Å². The van der Waals surface area contributed by atoms with Crippen LogP contribution in [0.1, 0.15) is 12.8 Å². The number of carbonyl (C=O) groups is 2. The molecule has 1 saturated heterocycles. The van der Waals surface area contributed by atoms with Crippen molar-refractivity contribution in [3.8, 4) is 0 Å². The smallest absolute Gasteiger partial charge is 0.311 e. The Morgan fingerprint density at radius 3 is 2.47 bits per heavy atom. The summed E-state index contributed by atoms with van der Waals surface area (Å²) in [6, 6.07) is 0. The maximum Gasteiger partial charge on any atom is 0.311 e. The molecule has 4 N–H and O–H groups in total. The Morgan fingerprint density at radius 1 is 1.41 bits per heavy atom. The fourth-order valence-electron chi connectivity index (χ4n) is 1.71. The van der Waals surface area contributed by atoms with Gasteiger partial charge in [0.25, 0.3) is 0 Å². The Morgan fingerprint density at radius 2 is 2.00 bits per heavy atom. The standard InChI is InChI=1S/C10H17N3O3S/c11-8(17)5-12-9(15)10(16)13-3-1-7(6-14)2-4-13/h7,14H,1-6H2,(H2,11,17)(H,12,15). The van der Waals surface area contributed by atoms with E-state index in [2.05, 4.69) is 17.5 Å². The second-order valence-corrected chi connectivity index (χ2v) is 4.59. The molecule has 0 atom stereocenters. The van der Waals surface area contributed by atoms with Gasteiger partial charge >= 0.3 is 11.8 Å². The number of nitrogens with zero attached hydrogens (tertiary/aromatic N) is 1. The van der Waals surface area contributed by atoms with Crippen LogP contribution in [0.25, 0.3) is 0 Å². The van der Waals surface area contributed by atoms with Gasteiger partial charge in [0.15, 0.2) is 0 Å². The summed E-state index contributed by atoms with van der Waals surface area (Å²) in [5.74, 6) is -1.00. The van der Waals surface area contributed by atoms with Crippen molar-refractivity contribution in [2.24, 2.45) is 11.7 Å². The van der Waals surface area contributed by atoms with Crippen LogP contribution in [0.5, 0.6) is 0 Å². The molecule has 2 amide bonds. The highest BCUT2D eigenvalue weighted by Crippen LogP contribution is 2.16. The number of hydrogen-bond donors (Lipinski definition) is 3. The van der Waals surface area contributed by atoms with Crippen LogP contribution in [0, 0.1) is 5.92 Å². The lowest BCUT2D eigenvalue weighted by Crippen LogP contribution is -2.48. The first kappa shape index (κ1) is 13.9. The highest BCUT2D eigenvalue weighted by Gasteiger charge is 2.26. The number of nitrogens with one attached hydrogen (secondary N) is 1. The van der Waals surface area contributed by atoms with Gasteiger partial charge in [0, 0.05) is 19.7 Å². The van der Waals surface area contributed by atoms with E-state index in [1.165, 1.54) is 4.90 Å². The van der Waals surface area contributed by atoms with Crippen molar-refractivity contribution >= 4 is 29.0 Å². The van der Waals surface area contributed by atoms with Crippen molar-refractivity contribution in [3.63, 3.8) is 0 Å². The maximum atomic E-state index is 11.7. The van der Waals surface area contributed by atoms with Gasteiger partial charge in [0.05, 0.1) is 11.5 Å². The zero-order valence-electron chi connectivity index (χ0n) is 9.52. The molecule has 0 bridgehead atoms. The molecule has 0 aromatic carbocycles. The molecule has 1 heterocycles. The molecule has 6 nitrogen and oxygen atoms in total. The quantitative estimate of drug-likeness (QED) is 0.429. The predicted molar refractivity (Wildman–Crippen MR) is 66.2 cm³/mol. The number of nitrogens with two attached hydrogens (primary N) is 1. The molecule has 1 fully saturated rings. The van der Waals surface area contributed by atoms with Crippen LogP contribution in [0.3, 0.4) is 0 Å². The first-order valence-corrected chi connectivity index (χ1v) is 5.91. The molecule has 1 aliphatic rings. The third kappa shape index (κ3) is 4.27. The maximum absolute atomic E-state index is 11.7. The summed E-state index contributed by atoms with van der Waals surface area (Å²) in [4.78, 5) is 24.7. The highest BCUT2D eigenvalue weighted by atomic mass is 32.1. The number of carbonyl (C=O) groups excluding carboxylic acids is 2. The molecule has 0 unspecified atom stereocenters. The lowest BCUT2D eigenvalue weighted by atomic mass is 9.98. The number of amides is 2. The van der Waals surface area contributed by atoms with E-state index < -0.39 is 11.8 Å². The number of rotatable bonds is 3. The topological polar surface area (TPSA) is 95.7 Å². The summed E-state index contributed by atoms with van der Waals surface area (Å²) in [6.45, 7) is 1.18. The normalized spacial score (nSPS) is 16.6. The Labute approximate surface area is 105 Å². The van der Waals surface area contributed by atoms with E-state index in [4.69, 9.17) is 10.8 Å². The van der Waals surface area contributed by atoms with Crippen LogP contribution in [0.15, 0.2) is 0 Å². The van der Waals surface area contributed by atoms with E-state index in [9.17, 15) is 9.59 Å². The zero-order chi connectivity index (χ0) is 12.8. The van der Waals surface area contributed by atoms with Gasteiger partial charge in [-0.3, -0.25) is 9.59 Å². The Kier molecular flexibility index (Phi) is 5.30. The summed E-state index contributed by atoms with van der Waals surface area (Å²) in [5, 5.41) is 11.3. The van der Waals surface area contributed by atoms with Crippen LogP contribution in [0.4, 0.5) is 0 Å². The van der Waals surface area contributed by atoms with Crippen LogP contribution in [0.2, 0.25) is 0 Å². The van der Waals surface area contributed by atoms with Gasteiger partial charge < -0.3 is 21.1 Å². The predicted octanol–water partition coefficient (Wildman–Crippen LogP) is -1.38. The highest BCUT2D eigenvalue weighted by molar-refractivity contribution is 7.80. The lowest BCUT2D eigenvalue weighted by molar-refractivity contribution is -0.146. The summed E-state index contributed by atoms with van der Waals surface area (Å²) in [6.07, 6.45) is 1.45. The molecule has 0 aliphatic carbocycles. The van der Waals surface area contributed by atoms with Gasteiger partial charge in [-0.15, -0.1) is 0 Å². The zero-order valence-corrected chi connectivity index (χ0v) is 10.3. The summed E-state index contributed by atoms with van der Waals surface area (Å²) in [5.41, 5.74) is 5.22. The van der Waals surface area contributed by atoms with E-state index in [0.29, 0.717) is 13.1 Å². The van der Waals surface area contributed by atoms with Crippen molar-refractivity contribution in [2.75, 3.05) is 26.2 Å². The van der Waals surface area contributed by atoms with Crippen molar-refractivity contribution in [3.05, 3.63) is 0 Å². The Bertz CT molecular complexity index is 314. The second kappa shape index (κ2) is 6.51. The average Bonchev–Trinajstić information content (AvgIpc) is 2.35. The second-order valence-electron chi connectivity index (χ2n) is 4.07. The van der Waals surface area contributed by atoms with E-state index >= 15 is 0 Å². The molecular formula is C10H17N3O3S. The minimum absolute atomic E-state index is 0.0347. The molecule has 17 heavy (non-hydrogen) atoms. The minimum Gasteiger partial charge on any atom is -0.396 e. The van der Waals surface area contributed by atoms with Crippen LogP contribution in [-0.4, -0.2) is 53.1 Å². The van der Waals surface area contributed by atoms with Crippen molar-refractivity contribution in [1.29, 1.82) is 0 Å². The molecule has 0 radical (unpaired) electrons. The molecule has 0 aromatic rings. The summed E-state index contributed by atoms with van der Waals surface area (Å²) in [7, 11) is 0. The molecule has 7 heteroatoms. The largest absolute Gasteiger partial charge is 0.396 e.